The predicted octanol–water partition coefficient (Wildman–Crippen LogP) is 3.76. The average Bonchev–Trinajstić information content (AvgIpc) is 2.15. The van der Waals surface area contributed by atoms with Crippen LogP contribution in [0.4, 0.5) is 0 Å². The van der Waals surface area contributed by atoms with Crippen molar-refractivity contribution in [2.75, 3.05) is 5.75 Å². The summed E-state index contributed by atoms with van der Waals surface area (Å²) in [5, 5.41) is 0. The summed E-state index contributed by atoms with van der Waals surface area (Å²) in [7, 11) is 0. The molecule has 1 nitrogen and oxygen atoms in total. The highest BCUT2D eigenvalue weighted by molar-refractivity contribution is 7.99. The lowest BCUT2D eigenvalue weighted by molar-refractivity contribution is -0.119. The lowest BCUT2D eigenvalue weighted by Crippen LogP contribution is -2.09. The average molecular weight is 236 g/mol. The molecule has 0 aliphatic carbocycles. The van der Waals surface area contributed by atoms with Crippen LogP contribution in [0.25, 0.3) is 0 Å². The number of thioether (sulfide) groups is 1. The first kappa shape index (κ1) is 13.3. The molecule has 0 saturated heterocycles. The summed E-state index contributed by atoms with van der Waals surface area (Å²) < 4.78 is 0. The molecule has 16 heavy (non-hydrogen) atoms. The van der Waals surface area contributed by atoms with E-state index < -0.39 is 0 Å². The van der Waals surface area contributed by atoms with Gasteiger partial charge >= 0.3 is 0 Å². The third kappa shape index (κ3) is 4.40. The van der Waals surface area contributed by atoms with Crippen LogP contribution >= 0.6 is 11.8 Å². The Morgan fingerprint density at radius 2 is 1.75 bits per heavy atom. The highest BCUT2D eigenvalue weighted by atomic mass is 32.2. The molecule has 0 unspecified atom stereocenters. The first-order chi connectivity index (χ1) is 7.49. The zero-order chi connectivity index (χ0) is 12.1. The molecule has 0 bridgehead atoms. The Balaban J connectivity index is 2.46. The maximum atomic E-state index is 11.4. The Labute approximate surface area is 103 Å². The lowest BCUT2D eigenvalue weighted by Gasteiger charge is -2.06. The van der Waals surface area contributed by atoms with E-state index in [9.17, 15) is 4.79 Å². The predicted molar refractivity (Wildman–Crippen MR) is 71.9 cm³/mol. The van der Waals surface area contributed by atoms with Gasteiger partial charge in [0, 0.05) is 11.7 Å². The number of carbonyl (C=O) groups is 1. The number of rotatable bonds is 5. The molecule has 1 aromatic rings. The van der Waals surface area contributed by atoms with E-state index in [-0.39, 0.29) is 5.92 Å². The zero-order valence-electron chi connectivity index (χ0n) is 10.5. The molecule has 0 N–H and O–H groups in total. The summed E-state index contributed by atoms with van der Waals surface area (Å²) in [4.78, 5) is 11.4. The van der Waals surface area contributed by atoms with E-state index in [1.54, 1.807) is 11.8 Å². The van der Waals surface area contributed by atoms with Crippen LogP contribution in [0.3, 0.4) is 0 Å². The van der Waals surface area contributed by atoms with Crippen molar-refractivity contribution in [2.45, 2.75) is 33.4 Å². The van der Waals surface area contributed by atoms with Gasteiger partial charge in [0.15, 0.2) is 0 Å². The fourth-order valence-electron chi connectivity index (χ4n) is 1.59. The van der Waals surface area contributed by atoms with E-state index in [2.05, 4.69) is 32.0 Å². The van der Waals surface area contributed by atoms with Crippen LogP contribution in [0.2, 0.25) is 0 Å². The highest BCUT2D eigenvalue weighted by Gasteiger charge is 2.06. The Morgan fingerprint density at radius 3 is 2.25 bits per heavy atom. The van der Waals surface area contributed by atoms with E-state index in [4.69, 9.17) is 0 Å². The van der Waals surface area contributed by atoms with Crippen LogP contribution in [0.1, 0.15) is 30.5 Å². The van der Waals surface area contributed by atoms with Crippen LogP contribution in [0, 0.1) is 19.8 Å². The van der Waals surface area contributed by atoms with Crippen molar-refractivity contribution in [3.8, 4) is 0 Å². The summed E-state index contributed by atoms with van der Waals surface area (Å²) in [5.41, 5.74) is 3.91. The summed E-state index contributed by atoms with van der Waals surface area (Å²) in [6.45, 7) is 8.14. The fourth-order valence-corrected chi connectivity index (χ4v) is 2.63. The number of carbonyl (C=O) groups excluding carboxylic acids is 1. The second-order valence-electron chi connectivity index (χ2n) is 4.61. The van der Waals surface area contributed by atoms with Crippen LogP contribution < -0.4 is 0 Å². The van der Waals surface area contributed by atoms with Gasteiger partial charge in [0.2, 0.25) is 0 Å². The Hall–Kier alpha value is -0.760. The maximum Gasteiger partial charge on any atom is 0.145 e. The molecule has 1 aromatic carbocycles. The topological polar surface area (TPSA) is 17.1 Å². The summed E-state index contributed by atoms with van der Waals surface area (Å²) in [6, 6.07) is 6.56. The van der Waals surface area contributed by atoms with Gasteiger partial charge in [-0.05, 0) is 19.4 Å². The molecule has 1 rings (SSSR count). The van der Waals surface area contributed by atoms with E-state index in [1.807, 2.05) is 13.8 Å². The molecule has 0 aliphatic heterocycles. The van der Waals surface area contributed by atoms with Crippen LogP contribution in [0.15, 0.2) is 18.2 Å². The molecule has 0 spiro atoms. The van der Waals surface area contributed by atoms with Gasteiger partial charge in [-0.1, -0.05) is 43.2 Å². The van der Waals surface area contributed by atoms with Crippen molar-refractivity contribution in [3.63, 3.8) is 0 Å². The molecule has 0 atom stereocenters. The molecule has 0 radical (unpaired) electrons. The Kier molecular flexibility index (Phi) is 5.07. The van der Waals surface area contributed by atoms with Gasteiger partial charge in [-0.25, -0.2) is 0 Å². The number of Topliss-reactive ketones (excluding diaryl/α,β-unsaturated/α-hetero) is 1. The van der Waals surface area contributed by atoms with Gasteiger partial charge in [0.05, 0.1) is 5.75 Å². The zero-order valence-corrected chi connectivity index (χ0v) is 11.4. The van der Waals surface area contributed by atoms with Crippen molar-refractivity contribution in [1.29, 1.82) is 0 Å². The van der Waals surface area contributed by atoms with Crippen molar-refractivity contribution >= 4 is 17.5 Å². The second-order valence-corrected chi connectivity index (χ2v) is 5.60. The van der Waals surface area contributed by atoms with Crippen molar-refractivity contribution in [3.05, 3.63) is 34.9 Å². The summed E-state index contributed by atoms with van der Waals surface area (Å²) in [5.74, 6) is 2.06. The molecule has 0 heterocycles. The monoisotopic (exact) mass is 236 g/mol. The Morgan fingerprint density at radius 1 is 1.19 bits per heavy atom. The third-order valence-electron chi connectivity index (χ3n) is 2.44. The molecule has 0 aliphatic rings. The minimum absolute atomic E-state index is 0.159. The van der Waals surface area contributed by atoms with Crippen molar-refractivity contribution < 1.29 is 4.79 Å². The van der Waals surface area contributed by atoms with Gasteiger partial charge in [-0.2, -0.15) is 0 Å². The molecule has 88 valence electrons. The molecular weight excluding hydrogens is 216 g/mol. The van der Waals surface area contributed by atoms with Crippen LogP contribution in [-0.2, 0) is 10.5 Å². The summed E-state index contributed by atoms with van der Waals surface area (Å²) >= 11 is 1.71. The van der Waals surface area contributed by atoms with Gasteiger partial charge in [0.1, 0.15) is 5.78 Å². The van der Waals surface area contributed by atoms with Crippen LogP contribution in [-0.4, -0.2) is 11.5 Å². The molecule has 0 aromatic heterocycles. The minimum Gasteiger partial charge on any atom is -0.298 e. The summed E-state index contributed by atoms with van der Waals surface area (Å²) in [6.07, 6.45) is 0. The maximum absolute atomic E-state index is 11.4. The molecule has 0 amide bonds. The number of aryl methyl sites for hydroxylation is 2. The van der Waals surface area contributed by atoms with Crippen LogP contribution in [0.5, 0.6) is 0 Å². The lowest BCUT2D eigenvalue weighted by atomic mass is 10.1. The highest BCUT2D eigenvalue weighted by Crippen LogP contribution is 2.16. The van der Waals surface area contributed by atoms with Gasteiger partial charge in [0.25, 0.3) is 0 Å². The number of hydrogen-bond donors (Lipinski definition) is 0. The molecule has 2 heteroatoms. The van der Waals surface area contributed by atoms with E-state index in [0.717, 1.165) is 5.75 Å². The quantitative estimate of drug-likeness (QED) is 0.774. The van der Waals surface area contributed by atoms with E-state index >= 15 is 0 Å². The number of ketones is 1. The first-order valence-electron chi connectivity index (χ1n) is 5.66. The first-order valence-corrected chi connectivity index (χ1v) is 6.82. The normalized spacial score (nSPS) is 10.8. The van der Waals surface area contributed by atoms with Gasteiger partial charge in [-0.3, -0.25) is 4.79 Å². The third-order valence-corrected chi connectivity index (χ3v) is 3.46. The standard InChI is InChI=1S/C14H20OS/c1-10(2)14(15)9-16-8-13-6-11(3)5-12(4)7-13/h5-7,10H,8-9H2,1-4H3. The van der Waals surface area contributed by atoms with Crippen molar-refractivity contribution in [2.24, 2.45) is 5.92 Å². The SMILES string of the molecule is Cc1cc(C)cc(CSCC(=O)C(C)C)c1. The smallest absolute Gasteiger partial charge is 0.145 e. The second kappa shape index (κ2) is 6.09. The van der Waals surface area contributed by atoms with E-state index in [0.29, 0.717) is 11.5 Å². The fraction of sp³-hybridized carbons (Fsp3) is 0.500. The number of benzene rings is 1. The Bertz CT molecular complexity index is 349. The molecular formula is C14H20OS. The largest absolute Gasteiger partial charge is 0.298 e. The number of hydrogen-bond acceptors (Lipinski definition) is 2. The molecule has 0 saturated carbocycles. The molecule has 0 fully saturated rings. The van der Waals surface area contributed by atoms with Crippen molar-refractivity contribution in [1.82, 2.24) is 0 Å². The van der Waals surface area contributed by atoms with Gasteiger partial charge in [-0.15, -0.1) is 11.8 Å². The van der Waals surface area contributed by atoms with E-state index in [1.165, 1.54) is 16.7 Å². The van der Waals surface area contributed by atoms with Gasteiger partial charge < -0.3 is 0 Å². The minimum atomic E-state index is 0.159.